The van der Waals surface area contributed by atoms with Gasteiger partial charge in [-0.05, 0) is 37.3 Å². The molecule has 0 aromatic carbocycles. The average molecular weight is 260 g/mol. The zero-order valence-corrected chi connectivity index (χ0v) is 11.0. The third-order valence-electron chi connectivity index (χ3n) is 4.46. The highest BCUT2D eigenvalue weighted by Gasteiger charge is 2.36. The molecule has 102 valence electrons. The number of pyridine rings is 1. The number of oxime groups is 1. The summed E-state index contributed by atoms with van der Waals surface area (Å²) in [5, 5.41) is 11.6. The van der Waals surface area contributed by atoms with Gasteiger partial charge in [0.25, 0.3) is 0 Å². The number of hydrogen-bond donors (Lipinski definition) is 2. The SMILES string of the molecule is N/C(=N/O)c1ccc(N2CCC3CCCCC32)nc1. The van der Waals surface area contributed by atoms with Crippen molar-refractivity contribution in [3.8, 4) is 0 Å². The second-order valence-electron chi connectivity index (χ2n) is 5.48. The lowest BCUT2D eigenvalue weighted by Crippen LogP contribution is -2.35. The molecule has 5 nitrogen and oxygen atoms in total. The second kappa shape index (κ2) is 5.07. The van der Waals surface area contributed by atoms with Crippen molar-refractivity contribution < 1.29 is 5.21 Å². The van der Waals surface area contributed by atoms with Crippen LogP contribution in [0.5, 0.6) is 0 Å². The quantitative estimate of drug-likeness (QED) is 0.369. The van der Waals surface area contributed by atoms with Crippen LogP contribution in [0, 0.1) is 5.92 Å². The number of nitrogens with zero attached hydrogens (tertiary/aromatic N) is 3. The summed E-state index contributed by atoms with van der Waals surface area (Å²) in [5.74, 6) is 1.97. The van der Waals surface area contributed by atoms with Crippen molar-refractivity contribution in [1.29, 1.82) is 0 Å². The molecule has 2 aliphatic rings. The Morgan fingerprint density at radius 2 is 2.16 bits per heavy atom. The fourth-order valence-corrected chi connectivity index (χ4v) is 3.46. The molecule has 1 aromatic heterocycles. The highest BCUT2D eigenvalue weighted by molar-refractivity contribution is 5.96. The van der Waals surface area contributed by atoms with Crippen LogP contribution in [0.4, 0.5) is 5.82 Å². The third kappa shape index (κ3) is 2.25. The first-order chi connectivity index (χ1) is 9.29. The fraction of sp³-hybridized carbons (Fsp3) is 0.571. The predicted octanol–water partition coefficient (Wildman–Crippen LogP) is 1.95. The van der Waals surface area contributed by atoms with Crippen LogP contribution in [-0.4, -0.2) is 28.6 Å². The largest absolute Gasteiger partial charge is 0.409 e. The van der Waals surface area contributed by atoms with Crippen molar-refractivity contribution in [2.75, 3.05) is 11.4 Å². The van der Waals surface area contributed by atoms with Crippen molar-refractivity contribution in [1.82, 2.24) is 4.98 Å². The van der Waals surface area contributed by atoms with E-state index in [1.807, 2.05) is 12.1 Å². The molecule has 1 saturated carbocycles. The molecule has 2 atom stereocenters. The van der Waals surface area contributed by atoms with E-state index in [2.05, 4.69) is 15.0 Å². The van der Waals surface area contributed by atoms with Gasteiger partial charge in [-0.1, -0.05) is 18.0 Å². The van der Waals surface area contributed by atoms with Gasteiger partial charge in [0, 0.05) is 24.3 Å². The van der Waals surface area contributed by atoms with E-state index in [0.717, 1.165) is 18.3 Å². The Morgan fingerprint density at radius 3 is 2.89 bits per heavy atom. The van der Waals surface area contributed by atoms with Gasteiger partial charge in [0.05, 0.1) is 0 Å². The summed E-state index contributed by atoms with van der Waals surface area (Å²) in [5.41, 5.74) is 6.21. The topological polar surface area (TPSA) is 74.7 Å². The fourth-order valence-electron chi connectivity index (χ4n) is 3.46. The Kier molecular flexibility index (Phi) is 3.27. The number of amidine groups is 1. The molecule has 1 aliphatic carbocycles. The highest BCUT2D eigenvalue weighted by Crippen LogP contribution is 2.38. The minimum absolute atomic E-state index is 0.107. The summed E-state index contributed by atoms with van der Waals surface area (Å²) in [4.78, 5) is 6.91. The monoisotopic (exact) mass is 260 g/mol. The second-order valence-corrected chi connectivity index (χ2v) is 5.48. The number of aromatic nitrogens is 1. The van der Waals surface area contributed by atoms with Crippen molar-refractivity contribution in [2.45, 2.75) is 38.1 Å². The summed E-state index contributed by atoms with van der Waals surface area (Å²) < 4.78 is 0. The minimum Gasteiger partial charge on any atom is -0.409 e. The Bertz CT molecular complexity index is 471. The molecule has 1 aromatic rings. The number of anilines is 1. The van der Waals surface area contributed by atoms with Crippen molar-refractivity contribution in [3.05, 3.63) is 23.9 Å². The average Bonchev–Trinajstić information content (AvgIpc) is 2.90. The zero-order valence-electron chi connectivity index (χ0n) is 11.0. The first kappa shape index (κ1) is 12.3. The maximum atomic E-state index is 8.65. The normalized spacial score (nSPS) is 27.4. The summed E-state index contributed by atoms with van der Waals surface area (Å²) in [6.07, 6.45) is 8.33. The van der Waals surface area contributed by atoms with E-state index < -0.39 is 0 Å². The van der Waals surface area contributed by atoms with E-state index in [0.29, 0.717) is 11.6 Å². The van der Waals surface area contributed by atoms with E-state index in [4.69, 9.17) is 10.9 Å². The molecular formula is C14H20N4O. The van der Waals surface area contributed by atoms with Gasteiger partial charge in [0.1, 0.15) is 5.82 Å². The van der Waals surface area contributed by atoms with Gasteiger partial charge in [-0.25, -0.2) is 4.98 Å². The van der Waals surface area contributed by atoms with Crippen LogP contribution in [0.2, 0.25) is 0 Å². The molecule has 0 radical (unpaired) electrons. The molecular weight excluding hydrogens is 240 g/mol. The molecule has 19 heavy (non-hydrogen) atoms. The minimum atomic E-state index is 0.107. The molecule has 5 heteroatoms. The van der Waals surface area contributed by atoms with Crippen LogP contribution in [0.25, 0.3) is 0 Å². The number of rotatable bonds is 2. The van der Waals surface area contributed by atoms with Crippen LogP contribution < -0.4 is 10.6 Å². The lowest BCUT2D eigenvalue weighted by Gasteiger charge is -2.32. The number of nitrogens with two attached hydrogens (primary N) is 1. The van der Waals surface area contributed by atoms with Crippen molar-refractivity contribution in [2.24, 2.45) is 16.8 Å². The summed E-state index contributed by atoms with van der Waals surface area (Å²) in [7, 11) is 0. The first-order valence-corrected chi connectivity index (χ1v) is 7.00. The molecule has 2 heterocycles. The van der Waals surface area contributed by atoms with Gasteiger partial charge in [0.2, 0.25) is 0 Å². The summed E-state index contributed by atoms with van der Waals surface area (Å²) >= 11 is 0. The molecule has 1 saturated heterocycles. The standard InChI is InChI=1S/C14H20N4O/c15-14(17-19)11-5-6-13(16-9-11)18-8-7-10-3-1-2-4-12(10)18/h5-6,9-10,12,19H,1-4,7-8H2,(H2,15,17). The molecule has 3 N–H and O–H groups in total. The molecule has 1 aliphatic heterocycles. The van der Waals surface area contributed by atoms with Crippen LogP contribution in [0.3, 0.4) is 0 Å². The smallest absolute Gasteiger partial charge is 0.171 e. The lowest BCUT2D eigenvalue weighted by atomic mass is 9.85. The van der Waals surface area contributed by atoms with Crippen LogP contribution in [0.15, 0.2) is 23.5 Å². The van der Waals surface area contributed by atoms with E-state index in [-0.39, 0.29) is 5.84 Å². The molecule has 0 bridgehead atoms. The molecule has 3 rings (SSSR count). The van der Waals surface area contributed by atoms with Crippen molar-refractivity contribution in [3.63, 3.8) is 0 Å². The third-order valence-corrected chi connectivity index (χ3v) is 4.46. The molecule has 2 fully saturated rings. The maximum absolute atomic E-state index is 8.65. The predicted molar refractivity (Wildman–Crippen MR) is 74.5 cm³/mol. The first-order valence-electron chi connectivity index (χ1n) is 7.00. The molecule has 2 unspecified atom stereocenters. The summed E-state index contributed by atoms with van der Waals surface area (Å²) in [6, 6.07) is 4.51. The van der Waals surface area contributed by atoms with Gasteiger partial charge in [-0.2, -0.15) is 0 Å². The van der Waals surface area contributed by atoms with Gasteiger partial charge in [-0.3, -0.25) is 0 Å². The van der Waals surface area contributed by atoms with Crippen LogP contribution >= 0.6 is 0 Å². The van der Waals surface area contributed by atoms with E-state index in [9.17, 15) is 0 Å². The summed E-state index contributed by atoms with van der Waals surface area (Å²) in [6.45, 7) is 1.10. The van der Waals surface area contributed by atoms with Crippen molar-refractivity contribution >= 4 is 11.7 Å². The van der Waals surface area contributed by atoms with Crippen LogP contribution in [-0.2, 0) is 0 Å². The van der Waals surface area contributed by atoms with E-state index in [1.165, 1.54) is 32.1 Å². The lowest BCUT2D eigenvalue weighted by molar-refractivity contribution is 0.318. The van der Waals surface area contributed by atoms with Gasteiger partial charge >= 0.3 is 0 Å². The Labute approximate surface area is 113 Å². The maximum Gasteiger partial charge on any atom is 0.171 e. The zero-order chi connectivity index (χ0) is 13.2. The van der Waals surface area contributed by atoms with Gasteiger partial charge < -0.3 is 15.8 Å². The number of hydrogen-bond acceptors (Lipinski definition) is 4. The molecule has 0 spiro atoms. The van der Waals surface area contributed by atoms with Gasteiger partial charge in [-0.15, -0.1) is 0 Å². The van der Waals surface area contributed by atoms with Gasteiger partial charge in [0.15, 0.2) is 5.84 Å². The Balaban J connectivity index is 1.79. The number of fused-ring (bicyclic) bond motifs is 1. The Morgan fingerprint density at radius 1 is 1.32 bits per heavy atom. The molecule has 0 amide bonds. The Hall–Kier alpha value is -1.78. The van der Waals surface area contributed by atoms with Crippen LogP contribution in [0.1, 0.15) is 37.7 Å². The highest BCUT2D eigenvalue weighted by atomic mass is 16.4. The van der Waals surface area contributed by atoms with E-state index in [1.54, 1.807) is 6.20 Å². The van der Waals surface area contributed by atoms with E-state index >= 15 is 0 Å².